The highest BCUT2D eigenvalue weighted by atomic mass is 16.5. The Labute approximate surface area is 339 Å². The number of hydrogen-bond acceptors (Lipinski definition) is 5. The maximum absolute atomic E-state index is 12.5. The SMILES string of the molecule is CCCCCCCC(CCCCC)CCCCCCC(O)CN(CCCCCO)CCCCCCC(=O)OCCC(CC)C(CCCC)CCCCCC. The molecule has 4 atom stereocenters. The van der Waals surface area contributed by atoms with Gasteiger partial charge in [0.1, 0.15) is 0 Å². The van der Waals surface area contributed by atoms with Crippen LogP contribution in [0.2, 0.25) is 0 Å². The minimum absolute atomic E-state index is 0.0175. The van der Waals surface area contributed by atoms with Gasteiger partial charge >= 0.3 is 5.97 Å². The van der Waals surface area contributed by atoms with Crippen molar-refractivity contribution in [1.82, 2.24) is 4.90 Å². The highest BCUT2D eigenvalue weighted by Gasteiger charge is 2.20. The molecule has 0 aliphatic carbocycles. The van der Waals surface area contributed by atoms with Crippen LogP contribution in [-0.2, 0) is 9.53 Å². The van der Waals surface area contributed by atoms with Crippen LogP contribution in [0.25, 0.3) is 0 Å². The summed E-state index contributed by atoms with van der Waals surface area (Å²) in [5.41, 5.74) is 0. The third kappa shape index (κ3) is 34.6. The molecule has 0 heterocycles. The van der Waals surface area contributed by atoms with Gasteiger partial charge in [-0.15, -0.1) is 0 Å². The molecule has 54 heavy (non-hydrogen) atoms. The van der Waals surface area contributed by atoms with E-state index in [4.69, 9.17) is 4.74 Å². The van der Waals surface area contributed by atoms with Crippen LogP contribution in [0.4, 0.5) is 0 Å². The fraction of sp³-hybridized carbons (Fsp3) is 0.980. The molecule has 2 N–H and O–H groups in total. The molecule has 0 amide bonds. The number of nitrogens with zero attached hydrogens (tertiary/aromatic N) is 1. The molecule has 0 saturated heterocycles. The number of carbonyl (C=O) groups is 1. The maximum atomic E-state index is 12.5. The molecule has 0 saturated carbocycles. The second-order valence-electron chi connectivity index (χ2n) is 17.4. The number of esters is 1. The molecule has 0 aliphatic heterocycles. The predicted molar refractivity (Wildman–Crippen MR) is 236 cm³/mol. The number of aliphatic hydroxyl groups excluding tert-OH is 2. The van der Waals surface area contributed by atoms with Gasteiger partial charge < -0.3 is 19.8 Å². The number of carbonyl (C=O) groups excluding carboxylic acids is 1. The van der Waals surface area contributed by atoms with Gasteiger partial charge in [0.05, 0.1) is 12.7 Å². The predicted octanol–water partition coefficient (Wildman–Crippen LogP) is 14.4. The molecule has 0 spiro atoms. The van der Waals surface area contributed by atoms with Gasteiger partial charge in [0.25, 0.3) is 0 Å². The summed E-state index contributed by atoms with van der Waals surface area (Å²) < 4.78 is 5.74. The summed E-state index contributed by atoms with van der Waals surface area (Å²) in [4.78, 5) is 15.0. The summed E-state index contributed by atoms with van der Waals surface area (Å²) in [5, 5.41) is 20.2. The smallest absolute Gasteiger partial charge is 0.305 e. The Morgan fingerprint density at radius 3 is 1.56 bits per heavy atom. The molecule has 0 aromatic rings. The zero-order valence-corrected chi connectivity index (χ0v) is 37.5. The van der Waals surface area contributed by atoms with Gasteiger partial charge in [0, 0.05) is 19.6 Å². The monoisotopic (exact) mass is 766 g/mol. The second kappa shape index (κ2) is 42.0. The van der Waals surface area contributed by atoms with E-state index >= 15 is 0 Å². The van der Waals surface area contributed by atoms with Crippen molar-refractivity contribution in [2.45, 2.75) is 259 Å². The first-order valence-electron chi connectivity index (χ1n) is 24.6. The lowest BCUT2D eigenvalue weighted by Crippen LogP contribution is -2.34. The topological polar surface area (TPSA) is 70.0 Å². The minimum atomic E-state index is -0.252. The van der Waals surface area contributed by atoms with E-state index in [0.717, 1.165) is 95.7 Å². The number of aliphatic hydroxyl groups is 2. The van der Waals surface area contributed by atoms with Crippen molar-refractivity contribution in [2.75, 3.05) is 32.8 Å². The second-order valence-corrected chi connectivity index (χ2v) is 17.4. The zero-order valence-electron chi connectivity index (χ0n) is 37.5. The van der Waals surface area contributed by atoms with E-state index in [1.54, 1.807) is 0 Å². The van der Waals surface area contributed by atoms with E-state index in [2.05, 4.69) is 39.5 Å². The van der Waals surface area contributed by atoms with Crippen LogP contribution >= 0.6 is 0 Å². The lowest BCUT2D eigenvalue weighted by atomic mass is 9.80. The fourth-order valence-electron chi connectivity index (χ4n) is 8.67. The summed E-state index contributed by atoms with van der Waals surface area (Å²) in [5.74, 6) is 2.37. The Hall–Kier alpha value is -0.650. The van der Waals surface area contributed by atoms with Crippen LogP contribution in [0, 0.1) is 17.8 Å². The summed E-state index contributed by atoms with van der Waals surface area (Å²) in [6.45, 7) is 15.1. The molecule has 4 unspecified atom stereocenters. The standard InChI is InChI=1S/C49H99NO4/c1-6-11-15-17-24-33-45(32-23-13-8-3)34-25-18-19-27-37-48(52)44-50(41-30-22-31-42-51)40-29-21-20-28-38-49(53)54-43-39-46(10-5)47(35-14-9-4)36-26-16-12-7-2/h45-48,51-52H,6-44H2,1-5H3. The number of unbranched alkanes of at least 4 members (excludes halogenated alkanes) is 18. The third-order valence-electron chi connectivity index (χ3n) is 12.3. The van der Waals surface area contributed by atoms with E-state index in [1.807, 2.05) is 0 Å². The molecule has 0 fully saturated rings. The Balaban J connectivity index is 4.39. The van der Waals surface area contributed by atoms with Crippen LogP contribution in [-0.4, -0.2) is 60.0 Å². The van der Waals surface area contributed by atoms with Crippen LogP contribution in [0.1, 0.15) is 253 Å². The van der Waals surface area contributed by atoms with Gasteiger partial charge in [-0.25, -0.2) is 0 Å². The Bertz CT molecular complexity index is 747. The highest BCUT2D eigenvalue weighted by Crippen LogP contribution is 2.30. The van der Waals surface area contributed by atoms with Gasteiger partial charge in [-0.1, -0.05) is 202 Å². The first kappa shape index (κ1) is 53.4. The Kier molecular flexibility index (Phi) is 41.5. The lowest BCUT2D eigenvalue weighted by Gasteiger charge is -2.26. The van der Waals surface area contributed by atoms with E-state index in [0.29, 0.717) is 18.9 Å². The van der Waals surface area contributed by atoms with Gasteiger partial charge in [0.2, 0.25) is 0 Å². The number of ether oxygens (including phenoxy) is 1. The van der Waals surface area contributed by atoms with Crippen LogP contribution in [0.5, 0.6) is 0 Å². The average molecular weight is 766 g/mol. The summed E-state index contributed by atoms with van der Waals surface area (Å²) >= 11 is 0. The Morgan fingerprint density at radius 1 is 0.500 bits per heavy atom. The van der Waals surface area contributed by atoms with Gasteiger partial charge in [-0.05, 0) is 75.8 Å². The largest absolute Gasteiger partial charge is 0.466 e. The average Bonchev–Trinajstić information content (AvgIpc) is 3.17. The third-order valence-corrected chi connectivity index (χ3v) is 12.3. The quantitative estimate of drug-likeness (QED) is 0.0477. The molecule has 0 aromatic heterocycles. The first-order valence-corrected chi connectivity index (χ1v) is 24.6. The van der Waals surface area contributed by atoms with E-state index < -0.39 is 0 Å². The van der Waals surface area contributed by atoms with Crippen molar-refractivity contribution in [2.24, 2.45) is 17.8 Å². The molecule has 0 radical (unpaired) electrons. The molecule has 0 rings (SSSR count). The summed E-state index contributed by atoms with van der Waals surface area (Å²) in [6.07, 6.45) is 41.6. The van der Waals surface area contributed by atoms with E-state index in [-0.39, 0.29) is 18.7 Å². The molecule has 5 heteroatoms. The van der Waals surface area contributed by atoms with Gasteiger partial charge in [-0.3, -0.25) is 4.79 Å². The maximum Gasteiger partial charge on any atom is 0.305 e. The first-order chi connectivity index (χ1) is 26.4. The van der Waals surface area contributed by atoms with Crippen molar-refractivity contribution >= 4 is 5.97 Å². The Morgan fingerprint density at radius 2 is 0.963 bits per heavy atom. The van der Waals surface area contributed by atoms with Crippen LogP contribution in [0.15, 0.2) is 0 Å². The molecular weight excluding hydrogens is 667 g/mol. The lowest BCUT2D eigenvalue weighted by molar-refractivity contribution is -0.144. The summed E-state index contributed by atoms with van der Waals surface area (Å²) in [6, 6.07) is 0. The molecule has 324 valence electrons. The molecule has 5 nitrogen and oxygen atoms in total. The molecule has 0 aromatic carbocycles. The zero-order chi connectivity index (χ0) is 39.7. The normalized spacial score (nSPS) is 14.1. The van der Waals surface area contributed by atoms with E-state index in [1.165, 1.54) is 148 Å². The van der Waals surface area contributed by atoms with Crippen molar-refractivity contribution in [1.29, 1.82) is 0 Å². The molecule has 0 bridgehead atoms. The van der Waals surface area contributed by atoms with Crippen LogP contribution in [0.3, 0.4) is 0 Å². The molecular formula is C49H99NO4. The number of hydrogen-bond donors (Lipinski definition) is 2. The van der Waals surface area contributed by atoms with E-state index in [9.17, 15) is 15.0 Å². The minimum Gasteiger partial charge on any atom is -0.466 e. The van der Waals surface area contributed by atoms with Crippen LogP contribution < -0.4 is 0 Å². The van der Waals surface area contributed by atoms with Crippen molar-refractivity contribution in [3.8, 4) is 0 Å². The number of rotatable bonds is 44. The fourth-order valence-corrected chi connectivity index (χ4v) is 8.67. The van der Waals surface area contributed by atoms with Gasteiger partial charge in [0.15, 0.2) is 0 Å². The van der Waals surface area contributed by atoms with Crippen molar-refractivity contribution in [3.05, 3.63) is 0 Å². The summed E-state index contributed by atoms with van der Waals surface area (Å²) in [7, 11) is 0. The van der Waals surface area contributed by atoms with Crippen molar-refractivity contribution in [3.63, 3.8) is 0 Å². The van der Waals surface area contributed by atoms with Crippen molar-refractivity contribution < 1.29 is 19.7 Å². The van der Waals surface area contributed by atoms with Gasteiger partial charge in [-0.2, -0.15) is 0 Å². The molecule has 0 aliphatic rings. The highest BCUT2D eigenvalue weighted by molar-refractivity contribution is 5.69.